The Balaban J connectivity index is 2.40. The molecule has 0 unspecified atom stereocenters. The minimum absolute atomic E-state index is 0.0901. The molecule has 0 saturated carbocycles. The quantitative estimate of drug-likeness (QED) is 0.393. The fraction of sp³-hybridized carbons (Fsp3) is 0. The van der Waals surface area contributed by atoms with Crippen LogP contribution in [0.4, 0.5) is 4.39 Å². The molecular formula is C13H10BrFN2O2. The summed E-state index contributed by atoms with van der Waals surface area (Å²) in [7, 11) is 0. The lowest BCUT2D eigenvalue weighted by Gasteiger charge is -2.10. The van der Waals surface area contributed by atoms with Gasteiger partial charge in [0.15, 0.2) is 5.84 Å². The molecule has 2 rings (SSSR count). The first-order valence-electron chi connectivity index (χ1n) is 5.31. The van der Waals surface area contributed by atoms with Crippen molar-refractivity contribution >= 4 is 21.8 Å². The van der Waals surface area contributed by atoms with Crippen molar-refractivity contribution < 1.29 is 14.3 Å². The number of oxime groups is 1. The minimum atomic E-state index is -0.403. The van der Waals surface area contributed by atoms with Crippen molar-refractivity contribution in [2.75, 3.05) is 0 Å². The van der Waals surface area contributed by atoms with E-state index < -0.39 is 5.82 Å². The maximum atomic E-state index is 13.1. The summed E-state index contributed by atoms with van der Waals surface area (Å²) in [4.78, 5) is 0. The molecule has 0 spiro atoms. The average Bonchev–Trinajstić information content (AvgIpc) is 2.40. The second-order valence-corrected chi connectivity index (χ2v) is 4.60. The number of ether oxygens (including phenoxy) is 1. The molecule has 0 fully saturated rings. The number of hydrogen-bond donors (Lipinski definition) is 2. The van der Waals surface area contributed by atoms with Crippen molar-refractivity contribution in [1.82, 2.24) is 0 Å². The van der Waals surface area contributed by atoms with Crippen molar-refractivity contribution in [3.05, 3.63) is 58.3 Å². The largest absolute Gasteiger partial charge is 0.456 e. The number of halogens is 2. The minimum Gasteiger partial charge on any atom is -0.456 e. The van der Waals surface area contributed by atoms with Crippen LogP contribution in [0.3, 0.4) is 0 Å². The Kier molecular flexibility index (Phi) is 4.01. The van der Waals surface area contributed by atoms with Gasteiger partial charge < -0.3 is 15.7 Å². The van der Waals surface area contributed by atoms with Gasteiger partial charge >= 0.3 is 0 Å². The molecule has 2 aromatic carbocycles. The summed E-state index contributed by atoms with van der Waals surface area (Å²) < 4.78 is 19.4. The number of rotatable bonds is 3. The van der Waals surface area contributed by atoms with E-state index in [1.165, 1.54) is 18.2 Å². The zero-order valence-corrected chi connectivity index (χ0v) is 11.3. The smallest absolute Gasteiger partial charge is 0.173 e. The second kappa shape index (κ2) is 5.71. The van der Waals surface area contributed by atoms with Gasteiger partial charge in [-0.3, -0.25) is 0 Å². The van der Waals surface area contributed by atoms with Crippen LogP contribution in [0.5, 0.6) is 11.5 Å². The van der Waals surface area contributed by atoms with Crippen LogP contribution in [0.1, 0.15) is 5.56 Å². The summed E-state index contributed by atoms with van der Waals surface area (Å²) in [6.07, 6.45) is 0. The van der Waals surface area contributed by atoms with Gasteiger partial charge in [-0.25, -0.2) is 4.39 Å². The lowest BCUT2D eigenvalue weighted by atomic mass is 10.2. The van der Waals surface area contributed by atoms with Gasteiger partial charge in [-0.1, -0.05) is 27.2 Å². The average molecular weight is 325 g/mol. The number of hydrogen-bond acceptors (Lipinski definition) is 3. The topological polar surface area (TPSA) is 67.8 Å². The molecular weight excluding hydrogens is 315 g/mol. The third kappa shape index (κ3) is 3.23. The molecule has 0 aliphatic heterocycles. The van der Waals surface area contributed by atoms with Gasteiger partial charge in [0.05, 0.1) is 5.56 Å². The van der Waals surface area contributed by atoms with E-state index in [1.807, 2.05) is 0 Å². The Bertz CT molecular complexity index is 632. The summed E-state index contributed by atoms with van der Waals surface area (Å²) in [6, 6.07) is 10.7. The summed E-state index contributed by atoms with van der Waals surface area (Å²) in [5, 5.41) is 11.7. The Labute approximate surface area is 117 Å². The van der Waals surface area contributed by atoms with Crippen LogP contribution in [0.2, 0.25) is 0 Å². The number of benzene rings is 2. The van der Waals surface area contributed by atoms with E-state index in [9.17, 15) is 4.39 Å². The predicted molar refractivity (Wildman–Crippen MR) is 73.1 cm³/mol. The number of amidine groups is 1. The molecule has 3 N–H and O–H groups in total. The second-order valence-electron chi connectivity index (χ2n) is 3.69. The van der Waals surface area contributed by atoms with Gasteiger partial charge in [-0.15, -0.1) is 0 Å². The SMILES string of the molecule is N/C(=N/O)c1cc(Br)ccc1Oc1cccc(F)c1. The van der Waals surface area contributed by atoms with E-state index in [1.54, 1.807) is 24.3 Å². The zero-order valence-electron chi connectivity index (χ0n) is 9.68. The fourth-order valence-corrected chi connectivity index (χ4v) is 1.86. The van der Waals surface area contributed by atoms with Crippen LogP contribution >= 0.6 is 15.9 Å². The molecule has 0 radical (unpaired) electrons. The highest BCUT2D eigenvalue weighted by Gasteiger charge is 2.10. The predicted octanol–water partition coefficient (Wildman–Crippen LogP) is 3.48. The molecule has 0 heterocycles. The third-order valence-electron chi connectivity index (χ3n) is 2.35. The molecule has 0 aromatic heterocycles. The van der Waals surface area contributed by atoms with E-state index in [-0.39, 0.29) is 5.84 Å². The number of nitrogens with zero attached hydrogens (tertiary/aromatic N) is 1. The Hall–Kier alpha value is -2.08. The fourth-order valence-electron chi connectivity index (χ4n) is 1.50. The van der Waals surface area contributed by atoms with Crippen molar-refractivity contribution in [2.24, 2.45) is 10.9 Å². The highest BCUT2D eigenvalue weighted by atomic mass is 79.9. The molecule has 98 valence electrons. The summed E-state index contributed by atoms with van der Waals surface area (Å²) in [5.41, 5.74) is 5.98. The van der Waals surface area contributed by atoms with Crippen LogP contribution in [-0.4, -0.2) is 11.0 Å². The normalized spacial score (nSPS) is 11.4. The zero-order chi connectivity index (χ0) is 13.8. The molecule has 0 amide bonds. The molecule has 4 nitrogen and oxygen atoms in total. The molecule has 19 heavy (non-hydrogen) atoms. The lowest BCUT2D eigenvalue weighted by molar-refractivity contribution is 0.318. The van der Waals surface area contributed by atoms with E-state index in [2.05, 4.69) is 21.1 Å². The Morgan fingerprint density at radius 1 is 1.26 bits per heavy atom. The van der Waals surface area contributed by atoms with Gasteiger partial charge in [0.2, 0.25) is 0 Å². The van der Waals surface area contributed by atoms with Crippen molar-refractivity contribution in [1.29, 1.82) is 0 Å². The van der Waals surface area contributed by atoms with Gasteiger partial charge in [0.25, 0.3) is 0 Å². The first-order chi connectivity index (χ1) is 9.10. The van der Waals surface area contributed by atoms with E-state index in [0.29, 0.717) is 17.1 Å². The van der Waals surface area contributed by atoms with Crippen molar-refractivity contribution in [3.63, 3.8) is 0 Å². The Morgan fingerprint density at radius 3 is 2.74 bits per heavy atom. The van der Waals surface area contributed by atoms with E-state index in [0.717, 1.165) is 4.47 Å². The lowest BCUT2D eigenvalue weighted by Crippen LogP contribution is -2.14. The Morgan fingerprint density at radius 2 is 2.05 bits per heavy atom. The van der Waals surface area contributed by atoms with E-state index in [4.69, 9.17) is 15.7 Å². The molecule has 0 saturated heterocycles. The van der Waals surface area contributed by atoms with Gasteiger partial charge in [-0.05, 0) is 30.3 Å². The highest BCUT2D eigenvalue weighted by molar-refractivity contribution is 9.10. The van der Waals surface area contributed by atoms with Crippen LogP contribution in [0, 0.1) is 5.82 Å². The van der Waals surface area contributed by atoms with Crippen LogP contribution in [0.25, 0.3) is 0 Å². The highest BCUT2D eigenvalue weighted by Crippen LogP contribution is 2.28. The first-order valence-corrected chi connectivity index (χ1v) is 6.10. The maximum absolute atomic E-state index is 13.1. The van der Waals surface area contributed by atoms with Gasteiger partial charge in [0.1, 0.15) is 17.3 Å². The molecule has 0 atom stereocenters. The van der Waals surface area contributed by atoms with Crippen molar-refractivity contribution in [3.8, 4) is 11.5 Å². The van der Waals surface area contributed by atoms with Crippen LogP contribution in [0.15, 0.2) is 52.1 Å². The monoisotopic (exact) mass is 324 g/mol. The molecule has 0 aliphatic carbocycles. The summed E-state index contributed by atoms with van der Waals surface area (Å²) >= 11 is 3.28. The van der Waals surface area contributed by atoms with Gasteiger partial charge in [0, 0.05) is 10.5 Å². The van der Waals surface area contributed by atoms with Crippen LogP contribution < -0.4 is 10.5 Å². The van der Waals surface area contributed by atoms with Gasteiger partial charge in [-0.2, -0.15) is 0 Å². The molecule has 6 heteroatoms. The standard InChI is InChI=1S/C13H10BrFN2O2/c14-8-4-5-12(11(6-8)13(16)17-18)19-10-3-1-2-9(15)7-10/h1-7,18H,(H2,16,17). The van der Waals surface area contributed by atoms with Crippen LogP contribution in [-0.2, 0) is 0 Å². The molecule has 2 aromatic rings. The maximum Gasteiger partial charge on any atom is 0.173 e. The first kappa shape index (κ1) is 13.4. The third-order valence-corrected chi connectivity index (χ3v) is 2.84. The summed E-state index contributed by atoms with van der Waals surface area (Å²) in [6.45, 7) is 0. The molecule has 0 aliphatic rings. The summed E-state index contributed by atoms with van der Waals surface area (Å²) in [5.74, 6) is 0.200. The molecule has 0 bridgehead atoms. The van der Waals surface area contributed by atoms with Crippen molar-refractivity contribution in [2.45, 2.75) is 0 Å². The van der Waals surface area contributed by atoms with E-state index >= 15 is 0 Å². The number of nitrogens with two attached hydrogens (primary N) is 1.